The van der Waals surface area contributed by atoms with Crippen molar-refractivity contribution in [1.29, 1.82) is 0 Å². The van der Waals surface area contributed by atoms with Gasteiger partial charge in [0.1, 0.15) is 6.61 Å². The Morgan fingerprint density at radius 1 is 1.42 bits per heavy atom. The fourth-order valence-electron chi connectivity index (χ4n) is 1.34. The minimum absolute atomic E-state index is 0.0924. The van der Waals surface area contributed by atoms with Gasteiger partial charge in [-0.25, -0.2) is 4.79 Å². The molecule has 0 atom stereocenters. The van der Waals surface area contributed by atoms with E-state index >= 15 is 0 Å². The van der Waals surface area contributed by atoms with Crippen LogP contribution in [-0.4, -0.2) is 24.8 Å². The molecule has 4 nitrogen and oxygen atoms in total. The maximum atomic E-state index is 11.4. The molecule has 0 radical (unpaired) electrons. The predicted molar refractivity (Wildman–Crippen MR) is 74.1 cm³/mol. The van der Waals surface area contributed by atoms with Gasteiger partial charge in [0.15, 0.2) is 11.5 Å². The highest BCUT2D eigenvalue weighted by Gasteiger charge is 2.02. The number of esters is 1. The van der Waals surface area contributed by atoms with Crippen molar-refractivity contribution >= 4 is 12.0 Å². The van der Waals surface area contributed by atoms with Gasteiger partial charge in [0, 0.05) is 5.57 Å². The molecule has 1 aromatic rings. The molecule has 0 saturated carbocycles. The van der Waals surface area contributed by atoms with E-state index in [1.54, 1.807) is 50.3 Å². The number of hydrogen-bond donors (Lipinski definition) is 1. The summed E-state index contributed by atoms with van der Waals surface area (Å²) in [6.45, 7) is 3.69. The lowest BCUT2D eigenvalue weighted by molar-refractivity contribution is -0.137. The highest BCUT2D eigenvalue weighted by Crippen LogP contribution is 2.26. The lowest BCUT2D eigenvalue weighted by atomic mass is 10.2. The van der Waals surface area contributed by atoms with Gasteiger partial charge in [-0.1, -0.05) is 18.2 Å². The van der Waals surface area contributed by atoms with Crippen molar-refractivity contribution in [2.24, 2.45) is 0 Å². The first kappa shape index (κ1) is 14.8. The number of carbonyl (C=O) groups is 1. The van der Waals surface area contributed by atoms with Gasteiger partial charge in [-0.3, -0.25) is 0 Å². The third-order valence-corrected chi connectivity index (χ3v) is 2.58. The summed E-state index contributed by atoms with van der Waals surface area (Å²) in [5.74, 6) is 0.175. The van der Waals surface area contributed by atoms with Crippen LogP contribution in [0.2, 0.25) is 0 Å². The van der Waals surface area contributed by atoms with E-state index in [4.69, 9.17) is 9.47 Å². The van der Waals surface area contributed by atoms with E-state index < -0.39 is 0 Å². The second-order valence-corrected chi connectivity index (χ2v) is 3.90. The summed E-state index contributed by atoms with van der Waals surface area (Å²) < 4.78 is 10.0. The topological polar surface area (TPSA) is 55.8 Å². The minimum Gasteiger partial charge on any atom is -0.504 e. The molecule has 0 unspecified atom stereocenters. The Balaban J connectivity index is 2.56. The molecule has 0 spiro atoms. The fourth-order valence-corrected chi connectivity index (χ4v) is 1.34. The maximum absolute atomic E-state index is 11.4. The van der Waals surface area contributed by atoms with Crippen molar-refractivity contribution in [2.75, 3.05) is 13.7 Å². The Morgan fingerprint density at radius 2 is 2.16 bits per heavy atom. The lowest BCUT2D eigenvalue weighted by Crippen LogP contribution is -2.05. The molecular formula is C15H18O4. The van der Waals surface area contributed by atoms with Crippen LogP contribution in [0.5, 0.6) is 11.5 Å². The Bertz CT molecular complexity index is 501. The molecule has 0 aliphatic heterocycles. The summed E-state index contributed by atoms with van der Waals surface area (Å²) in [5, 5.41) is 9.44. The number of carbonyl (C=O) groups excluding carboxylic acids is 1. The van der Waals surface area contributed by atoms with Crippen LogP contribution in [0.3, 0.4) is 0 Å². The number of phenolic OH excluding ortho intramolecular Hbond substituents is 1. The van der Waals surface area contributed by atoms with Crippen LogP contribution in [0.25, 0.3) is 6.08 Å². The van der Waals surface area contributed by atoms with Gasteiger partial charge in [-0.05, 0) is 37.6 Å². The normalized spacial score (nSPS) is 11.6. The van der Waals surface area contributed by atoms with Gasteiger partial charge < -0.3 is 14.6 Å². The number of hydrogen-bond acceptors (Lipinski definition) is 4. The standard InChI is InChI=1S/C15H18O4/c1-4-11(2)15(17)19-9-5-6-12-7-8-13(16)14(10-12)18-3/h4-8,10,16H,9H2,1-3H3/b6-5+,11-4-. The molecular weight excluding hydrogens is 244 g/mol. The van der Waals surface area contributed by atoms with Crippen LogP contribution in [-0.2, 0) is 9.53 Å². The van der Waals surface area contributed by atoms with Crippen molar-refractivity contribution in [3.05, 3.63) is 41.5 Å². The van der Waals surface area contributed by atoms with Gasteiger partial charge in [-0.15, -0.1) is 0 Å². The van der Waals surface area contributed by atoms with Crippen molar-refractivity contribution in [2.45, 2.75) is 13.8 Å². The minimum atomic E-state index is -0.324. The molecule has 1 N–H and O–H groups in total. The van der Waals surface area contributed by atoms with Crippen LogP contribution in [0, 0.1) is 0 Å². The molecule has 102 valence electrons. The van der Waals surface area contributed by atoms with Crippen LogP contribution in [0.15, 0.2) is 35.9 Å². The van der Waals surface area contributed by atoms with E-state index in [0.29, 0.717) is 11.3 Å². The molecule has 0 heterocycles. The Hall–Kier alpha value is -2.23. The molecule has 0 saturated heterocycles. The number of aromatic hydroxyl groups is 1. The zero-order chi connectivity index (χ0) is 14.3. The summed E-state index contributed by atoms with van der Waals surface area (Å²) in [6.07, 6.45) is 5.23. The largest absolute Gasteiger partial charge is 0.504 e. The number of rotatable bonds is 5. The molecule has 0 bridgehead atoms. The van der Waals surface area contributed by atoms with Crippen LogP contribution >= 0.6 is 0 Å². The second-order valence-electron chi connectivity index (χ2n) is 3.90. The Labute approximate surface area is 113 Å². The third-order valence-electron chi connectivity index (χ3n) is 2.58. The molecule has 1 rings (SSSR count). The fraction of sp³-hybridized carbons (Fsp3) is 0.267. The van der Waals surface area contributed by atoms with Crippen molar-refractivity contribution in [3.63, 3.8) is 0 Å². The summed E-state index contributed by atoms with van der Waals surface area (Å²) >= 11 is 0. The first-order valence-corrected chi connectivity index (χ1v) is 5.92. The van der Waals surface area contributed by atoms with E-state index in [-0.39, 0.29) is 18.3 Å². The van der Waals surface area contributed by atoms with Gasteiger partial charge >= 0.3 is 5.97 Å². The zero-order valence-corrected chi connectivity index (χ0v) is 11.3. The Kier molecular flexibility index (Phi) is 5.67. The molecule has 1 aromatic carbocycles. The predicted octanol–water partition coefficient (Wildman–Crippen LogP) is 2.92. The molecule has 19 heavy (non-hydrogen) atoms. The van der Waals surface area contributed by atoms with E-state index in [1.165, 1.54) is 7.11 Å². The van der Waals surface area contributed by atoms with Crippen molar-refractivity contribution in [1.82, 2.24) is 0 Å². The average Bonchev–Trinajstić information content (AvgIpc) is 2.43. The first-order valence-electron chi connectivity index (χ1n) is 5.92. The summed E-state index contributed by atoms with van der Waals surface area (Å²) in [4.78, 5) is 11.4. The maximum Gasteiger partial charge on any atom is 0.333 e. The van der Waals surface area contributed by atoms with Crippen LogP contribution < -0.4 is 4.74 Å². The van der Waals surface area contributed by atoms with Gasteiger partial charge in [0.25, 0.3) is 0 Å². The van der Waals surface area contributed by atoms with E-state index in [9.17, 15) is 9.90 Å². The summed E-state index contributed by atoms with van der Waals surface area (Å²) in [7, 11) is 1.49. The molecule has 0 aromatic heterocycles. The van der Waals surface area contributed by atoms with Crippen molar-refractivity contribution < 1.29 is 19.4 Å². The second kappa shape index (κ2) is 7.26. The Morgan fingerprint density at radius 3 is 2.79 bits per heavy atom. The summed E-state index contributed by atoms with van der Waals surface area (Å²) in [6, 6.07) is 4.99. The zero-order valence-electron chi connectivity index (χ0n) is 11.3. The number of methoxy groups -OCH3 is 1. The van der Waals surface area contributed by atoms with Crippen LogP contribution in [0.4, 0.5) is 0 Å². The lowest BCUT2D eigenvalue weighted by Gasteiger charge is -2.04. The van der Waals surface area contributed by atoms with E-state index in [2.05, 4.69) is 0 Å². The molecule has 0 aliphatic rings. The molecule has 4 heteroatoms. The number of phenols is 1. The molecule has 0 aliphatic carbocycles. The van der Waals surface area contributed by atoms with Crippen LogP contribution in [0.1, 0.15) is 19.4 Å². The SMILES string of the molecule is C/C=C(/C)C(=O)OC/C=C/c1ccc(O)c(OC)c1. The summed E-state index contributed by atoms with van der Waals surface area (Å²) in [5.41, 5.74) is 1.44. The van der Waals surface area contributed by atoms with E-state index in [0.717, 1.165) is 5.56 Å². The quantitative estimate of drug-likeness (QED) is 0.654. The van der Waals surface area contributed by atoms with Gasteiger partial charge in [0.05, 0.1) is 7.11 Å². The van der Waals surface area contributed by atoms with Crippen molar-refractivity contribution in [3.8, 4) is 11.5 Å². The smallest absolute Gasteiger partial charge is 0.333 e. The number of allylic oxidation sites excluding steroid dienone is 1. The first-order chi connectivity index (χ1) is 9.08. The van der Waals surface area contributed by atoms with Gasteiger partial charge in [0.2, 0.25) is 0 Å². The number of ether oxygens (including phenoxy) is 2. The number of benzene rings is 1. The highest BCUT2D eigenvalue weighted by molar-refractivity contribution is 5.87. The average molecular weight is 262 g/mol. The van der Waals surface area contributed by atoms with Gasteiger partial charge in [-0.2, -0.15) is 0 Å². The monoisotopic (exact) mass is 262 g/mol. The molecule has 0 amide bonds. The van der Waals surface area contributed by atoms with E-state index in [1.807, 2.05) is 0 Å². The third kappa shape index (κ3) is 4.50. The molecule has 0 fully saturated rings. The highest BCUT2D eigenvalue weighted by atomic mass is 16.5.